The standard InChI is InChI=1S/C22H27N5O2S/c1-15(13-26-17(3)12-16(2)23-26)22(29)25-10-4-6-18(14-25)27-21(28)9-8-19(24-27)20-7-5-11-30-20/h5,7-9,11-12,15,18H,4,6,10,13-14H2,1-3H3/t15-,18-/m0/s1. The van der Waals surface area contributed by atoms with Gasteiger partial charge in [-0.2, -0.15) is 10.2 Å². The van der Waals surface area contributed by atoms with Crippen LogP contribution in [-0.4, -0.2) is 43.5 Å². The highest BCUT2D eigenvalue weighted by Gasteiger charge is 2.29. The molecule has 0 aromatic carbocycles. The van der Waals surface area contributed by atoms with E-state index in [0.717, 1.165) is 41.3 Å². The van der Waals surface area contributed by atoms with Crippen molar-refractivity contribution in [1.29, 1.82) is 0 Å². The third-order valence-electron chi connectivity index (χ3n) is 5.62. The first-order chi connectivity index (χ1) is 14.4. The number of carbonyl (C=O) groups excluding carboxylic acids is 1. The molecule has 1 aliphatic heterocycles. The number of likely N-dealkylation sites (tertiary alicyclic amines) is 1. The van der Waals surface area contributed by atoms with Crippen LogP contribution in [0.4, 0.5) is 0 Å². The monoisotopic (exact) mass is 425 g/mol. The average molecular weight is 426 g/mol. The van der Waals surface area contributed by atoms with Gasteiger partial charge in [0.25, 0.3) is 5.56 Å². The van der Waals surface area contributed by atoms with Gasteiger partial charge in [0.15, 0.2) is 0 Å². The smallest absolute Gasteiger partial charge is 0.267 e. The Kier molecular flexibility index (Phi) is 5.85. The molecule has 1 saturated heterocycles. The predicted octanol–water partition coefficient (Wildman–Crippen LogP) is 3.28. The zero-order chi connectivity index (χ0) is 21.3. The molecule has 4 rings (SSSR count). The van der Waals surface area contributed by atoms with Crippen LogP contribution >= 0.6 is 11.3 Å². The second kappa shape index (κ2) is 8.55. The topological polar surface area (TPSA) is 73.0 Å². The van der Waals surface area contributed by atoms with Crippen LogP contribution in [-0.2, 0) is 11.3 Å². The maximum atomic E-state index is 13.1. The number of aromatic nitrogens is 4. The Morgan fingerprint density at radius 1 is 1.27 bits per heavy atom. The van der Waals surface area contributed by atoms with Gasteiger partial charge in [-0.3, -0.25) is 14.3 Å². The summed E-state index contributed by atoms with van der Waals surface area (Å²) in [5, 5.41) is 11.1. The van der Waals surface area contributed by atoms with Crippen LogP contribution in [0.25, 0.3) is 10.6 Å². The summed E-state index contributed by atoms with van der Waals surface area (Å²) in [5.41, 5.74) is 2.70. The molecule has 0 N–H and O–H groups in total. The largest absolute Gasteiger partial charge is 0.340 e. The highest BCUT2D eigenvalue weighted by atomic mass is 32.1. The van der Waals surface area contributed by atoms with Gasteiger partial charge in [0.2, 0.25) is 5.91 Å². The summed E-state index contributed by atoms with van der Waals surface area (Å²) in [6.07, 6.45) is 1.71. The van der Waals surface area contributed by atoms with E-state index in [0.29, 0.717) is 13.1 Å². The molecule has 158 valence electrons. The molecule has 0 bridgehead atoms. The van der Waals surface area contributed by atoms with Crippen LogP contribution in [0.3, 0.4) is 0 Å². The number of rotatable bonds is 5. The van der Waals surface area contributed by atoms with E-state index >= 15 is 0 Å². The summed E-state index contributed by atoms with van der Waals surface area (Å²) < 4.78 is 3.47. The molecule has 3 aromatic heterocycles. The van der Waals surface area contributed by atoms with Gasteiger partial charge < -0.3 is 4.90 Å². The molecule has 0 aliphatic carbocycles. The molecule has 1 fully saturated rings. The number of piperidine rings is 1. The van der Waals surface area contributed by atoms with Crippen molar-refractivity contribution >= 4 is 17.2 Å². The zero-order valence-electron chi connectivity index (χ0n) is 17.6. The van der Waals surface area contributed by atoms with Crippen LogP contribution in [0.5, 0.6) is 0 Å². The minimum Gasteiger partial charge on any atom is -0.340 e. The van der Waals surface area contributed by atoms with E-state index in [2.05, 4.69) is 10.2 Å². The van der Waals surface area contributed by atoms with E-state index < -0.39 is 0 Å². The Labute approximate surface area is 180 Å². The van der Waals surface area contributed by atoms with Crippen LogP contribution in [0, 0.1) is 19.8 Å². The number of hydrogen-bond acceptors (Lipinski definition) is 5. The van der Waals surface area contributed by atoms with Crippen molar-refractivity contribution in [3.05, 3.63) is 57.5 Å². The Balaban J connectivity index is 1.49. The van der Waals surface area contributed by atoms with Crippen molar-refractivity contribution in [1.82, 2.24) is 24.5 Å². The van der Waals surface area contributed by atoms with Crippen LogP contribution < -0.4 is 5.56 Å². The maximum Gasteiger partial charge on any atom is 0.267 e. The SMILES string of the molecule is Cc1cc(C)n(C[C@H](C)C(=O)N2CCC[C@H](n3nc(-c4cccs4)ccc3=O)C2)n1. The fourth-order valence-electron chi connectivity index (χ4n) is 4.11. The van der Waals surface area contributed by atoms with Gasteiger partial charge in [-0.1, -0.05) is 13.0 Å². The summed E-state index contributed by atoms with van der Waals surface area (Å²) in [6.45, 7) is 7.71. The van der Waals surface area contributed by atoms with Gasteiger partial charge >= 0.3 is 0 Å². The number of hydrogen-bond donors (Lipinski definition) is 0. The van der Waals surface area contributed by atoms with Gasteiger partial charge in [-0.25, -0.2) is 4.68 Å². The molecular formula is C22H27N5O2S. The second-order valence-corrected chi connectivity index (χ2v) is 9.02. The highest BCUT2D eigenvalue weighted by molar-refractivity contribution is 7.13. The third kappa shape index (κ3) is 4.23. The Bertz CT molecular complexity index is 1090. The lowest BCUT2D eigenvalue weighted by Gasteiger charge is -2.34. The normalized spacial score (nSPS) is 17.8. The van der Waals surface area contributed by atoms with Gasteiger partial charge in [0.1, 0.15) is 5.69 Å². The predicted molar refractivity (Wildman–Crippen MR) is 118 cm³/mol. The zero-order valence-corrected chi connectivity index (χ0v) is 18.4. The Hall–Kier alpha value is -2.74. The highest BCUT2D eigenvalue weighted by Crippen LogP contribution is 2.25. The molecule has 8 heteroatoms. The van der Waals surface area contributed by atoms with E-state index in [1.165, 1.54) is 0 Å². The fourth-order valence-corrected chi connectivity index (χ4v) is 4.80. The van der Waals surface area contributed by atoms with E-state index in [1.54, 1.807) is 28.2 Å². The number of thiophene rings is 1. The molecule has 0 unspecified atom stereocenters. The molecular weight excluding hydrogens is 398 g/mol. The van der Waals surface area contributed by atoms with Crippen molar-refractivity contribution in [2.75, 3.05) is 13.1 Å². The van der Waals surface area contributed by atoms with Gasteiger partial charge in [0.05, 0.1) is 29.1 Å². The molecule has 30 heavy (non-hydrogen) atoms. The maximum absolute atomic E-state index is 13.1. The fraction of sp³-hybridized carbons (Fsp3) is 0.455. The molecule has 0 saturated carbocycles. The lowest BCUT2D eigenvalue weighted by molar-refractivity contribution is -0.137. The Morgan fingerprint density at radius 3 is 2.80 bits per heavy atom. The second-order valence-electron chi connectivity index (χ2n) is 8.07. The lowest BCUT2D eigenvalue weighted by Crippen LogP contribution is -2.45. The summed E-state index contributed by atoms with van der Waals surface area (Å²) in [7, 11) is 0. The van der Waals surface area contributed by atoms with Crippen LogP contribution in [0.15, 0.2) is 40.5 Å². The number of amides is 1. The van der Waals surface area contributed by atoms with Crippen molar-refractivity contribution in [2.45, 2.75) is 46.2 Å². The van der Waals surface area contributed by atoms with Crippen molar-refractivity contribution in [2.24, 2.45) is 5.92 Å². The van der Waals surface area contributed by atoms with E-state index in [-0.39, 0.29) is 23.4 Å². The first-order valence-corrected chi connectivity index (χ1v) is 11.2. The summed E-state index contributed by atoms with van der Waals surface area (Å²) in [6, 6.07) is 9.24. The molecule has 0 spiro atoms. The quantitative estimate of drug-likeness (QED) is 0.629. The molecule has 4 heterocycles. The number of nitrogens with zero attached hydrogens (tertiary/aromatic N) is 5. The van der Waals surface area contributed by atoms with Crippen molar-refractivity contribution < 1.29 is 4.79 Å². The van der Waals surface area contributed by atoms with Crippen molar-refractivity contribution in [3.8, 4) is 10.6 Å². The molecule has 7 nitrogen and oxygen atoms in total. The Morgan fingerprint density at radius 2 is 2.10 bits per heavy atom. The average Bonchev–Trinajstić information content (AvgIpc) is 3.38. The molecule has 2 atom stereocenters. The summed E-state index contributed by atoms with van der Waals surface area (Å²) >= 11 is 1.60. The van der Waals surface area contributed by atoms with Gasteiger partial charge in [-0.15, -0.1) is 11.3 Å². The minimum absolute atomic E-state index is 0.101. The van der Waals surface area contributed by atoms with Gasteiger partial charge in [-0.05, 0) is 50.3 Å². The van der Waals surface area contributed by atoms with Crippen LogP contribution in [0.1, 0.15) is 37.2 Å². The number of aryl methyl sites for hydroxylation is 2. The molecule has 3 aromatic rings. The summed E-state index contributed by atoms with van der Waals surface area (Å²) in [5.74, 6) is -0.0707. The molecule has 0 radical (unpaired) electrons. The lowest BCUT2D eigenvalue weighted by atomic mass is 10.0. The van der Waals surface area contributed by atoms with E-state index in [9.17, 15) is 9.59 Å². The van der Waals surface area contributed by atoms with Crippen LogP contribution in [0.2, 0.25) is 0 Å². The molecule has 1 aliphatic rings. The first-order valence-electron chi connectivity index (χ1n) is 10.4. The van der Waals surface area contributed by atoms with E-state index in [1.807, 2.05) is 53.9 Å². The third-order valence-corrected chi connectivity index (χ3v) is 6.52. The van der Waals surface area contributed by atoms with Crippen molar-refractivity contribution in [3.63, 3.8) is 0 Å². The van der Waals surface area contributed by atoms with E-state index in [4.69, 9.17) is 0 Å². The first kappa shape index (κ1) is 20.5. The molecule has 1 amide bonds. The van der Waals surface area contributed by atoms with Gasteiger partial charge in [0, 0.05) is 24.8 Å². The minimum atomic E-state index is -0.177. The number of carbonyl (C=O) groups is 1. The summed E-state index contributed by atoms with van der Waals surface area (Å²) in [4.78, 5) is 28.6.